The normalized spacial score (nSPS) is 13.0. The van der Waals surface area contributed by atoms with Crippen LogP contribution in [-0.4, -0.2) is 24.6 Å². The highest BCUT2D eigenvalue weighted by molar-refractivity contribution is 5.93. The summed E-state index contributed by atoms with van der Waals surface area (Å²) in [6.45, 7) is 3.97. The molecule has 3 N–H and O–H groups in total. The summed E-state index contributed by atoms with van der Waals surface area (Å²) in [4.78, 5) is 23.7. The summed E-state index contributed by atoms with van der Waals surface area (Å²) in [5.41, 5.74) is 3.62. The molecule has 0 bridgehead atoms. The minimum absolute atomic E-state index is 0.0632. The summed E-state index contributed by atoms with van der Waals surface area (Å²) in [7, 11) is 0. The van der Waals surface area contributed by atoms with Gasteiger partial charge < -0.3 is 20.7 Å². The zero-order chi connectivity index (χ0) is 18.5. The molecule has 1 saturated carbocycles. The number of amides is 3. The summed E-state index contributed by atoms with van der Waals surface area (Å²) >= 11 is 0. The van der Waals surface area contributed by atoms with Crippen LogP contribution in [0.15, 0.2) is 42.5 Å². The Balaban J connectivity index is 1.46. The van der Waals surface area contributed by atoms with Crippen LogP contribution in [0.2, 0.25) is 0 Å². The van der Waals surface area contributed by atoms with Gasteiger partial charge in [0.2, 0.25) is 0 Å². The maximum Gasteiger partial charge on any atom is 0.319 e. The predicted octanol–water partition coefficient (Wildman–Crippen LogP) is 3.60. The fraction of sp³-hybridized carbons (Fsp3) is 0.300. The molecule has 1 fully saturated rings. The monoisotopic (exact) mass is 353 g/mol. The average molecular weight is 353 g/mol. The number of urea groups is 1. The maximum atomic E-state index is 12.0. The van der Waals surface area contributed by atoms with E-state index in [9.17, 15) is 9.59 Å². The number of hydrogen-bond donors (Lipinski definition) is 3. The van der Waals surface area contributed by atoms with Crippen molar-refractivity contribution in [2.45, 2.75) is 32.7 Å². The van der Waals surface area contributed by atoms with Crippen molar-refractivity contribution >= 4 is 23.3 Å². The first kappa shape index (κ1) is 17.8. The molecule has 1 aliphatic rings. The third-order valence-corrected chi connectivity index (χ3v) is 4.19. The molecule has 0 atom stereocenters. The van der Waals surface area contributed by atoms with Crippen molar-refractivity contribution in [2.75, 3.05) is 17.2 Å². The average Bonchev–Trinajstić information content (AvgIpc) is 3.41. The van der Waals surface area contributed by atoms with Crippen LogP contribution >= 0.6 is 0 Å². The fourth-order valence-corrected chi connectivity index (χ4v) is 2.37. The van der Waals surface area contributed by atoms with E-state index in [-0.39, 0.29) is 18.5 Å². The summed E-state index contributed by atoms with van der Waals surface area (Å²) in [5.74, 6) is 0.430. The Morgan fingerprint density at radius 1 is 0.962 bits per heavy atom. The molecular formula is C20H23N3O3. The van der Waals surface area contributed by atoms with Crippen LogP contribution in [0.25, 0.3) is 0 Å². The van der Waals surface area contributed by atoms with E-state index in [2.05, 4.69) is 16.0 Å². The Morgan fingerprint density at radius 3 is 2.23 bits per heavy atom. The van der Waals surface area contributed by atoms with E-state index >= 15 is 0 Å². The van der Waals surface area contributed by atoms with E-state index in [1.165, 1.54) is 5.56 Å². The lowest BCUT2D eigenvalue weighted by molar-refractivity contribution is -0.118. The lowest BCUT2D eigenvalue weighted by Gasteiger charge is -2.10. The quantitative estimate of drug-likeness (QED) is 0.742. The summed E-state index contributed by atoms with van der Waals surface area (Å²) < 4.78 is 5.52. The molecule has 0 heterocycles. The second kappa shape index (κ2) is 7.91. The van der Waals surface area contributed by atoms with Gasteiger partial charge in [0.05, 0.1) is 0 Å². The van der Waals surface area contributed by atoms with Gasteiger partial charge in [0.1, 0.15) is 5.75 Å². The van der Waals surface area contributed by atoms with Crippen LogP contribution in [0, 0.1) is 13.8 Å². The van der Waals surface area contributed by atoms with Crippen molar-refractivity contribution in [1.82, 2.24) is 5.32 Å². The van der Waals surface area contributed by atoms with Crippen molar-refractivity contribution in [3.05, 3.63) is 53.6 Å². The fourth-order valence-electron chi connectivity index (χ4n) is 2.37. The number of nitrogens with one attached hydrogen (secondary N) is 3. The highest BCUT2D eigenvalue weighted by atomic mass is 16.5. The van der Waals surface area contributed by atoms with Gasteiger partial charge in [-0.2, -0.15) is 0 Å². The SMILES string of the molecule is Cc1ccc(OCC(=O)Nc2ccc(NC(=O)NC3CC3)cc2)cc1C. The summed E-state index contributed by atoms with van der Waals surface area (Å²) in [6.07, 6.45) is 2.09. The van der Waals surface area contributed by atoms with Crippen molar-refractivity contribution in [3.63, 3.8) is 0 Å². The molecule has 26 heavy (non-hydrogen) atoms. The Hall–Kier alpha value is -3.02. The molecule has 3 rings (SSSR count). The van der Waals surface area contributed by atoms with Crippen LogP contribution < -0.4 is 20.7 Å². The lowest BCUT2D eigenvalue weighted by Crippen LogP contribution is -2.30. The molecule has 3 amide bonds. The van der Waals surface area contributed by atoms with Gasteiger partial charge in [0.15, 0.2) is 6.61 Å². The van der Waals surface area contributed by atoms with Gasteiger partial charge in [-0.1, -0.05) is 6.07 Å². The molecule has 0 aliphatic heterocycles. The first-order valence-corrected chi connectivity index (χ1v) is 8.67. The molecule has 6 nitrogen and oxygen atoms in total. The van der Waals surface area contributed by atoms with Gasteiger partial charge in [0, 0.05) is 17.4 Å². The third kappa shape index (κ3) is 5.24. The molecule has 0 spiro atoms. The summed E-state index contributed by atoms with van der Waals surface area (Å²) in [5, 5.41) is 8.38. The first-order chi connectivity index (χ1) is 12.5. The second-order valence-corrected chi connectivity index (χ2v) is 6.53. The summed E-state index contributed by atoms with van der Waals surface area (Å²) in [6, 6.07) is 12.8. The molecule has 136 valence electrons. The highest BCUT2D eigenvalue weighted by Crippen LogP contribution is 2.19. The largest absolute Gasteiger partial charge is 0.484 e. The number of carbonyl (C=O) groups excluding carboxylic acids is 2. The van der Waals surface area contributed by atoms with Crippen LogP contribution in [-0.2, 0) is 4.79 Å². The smallest absolute Gasteiger partial charge is 0.319 e. The molecule has 0 aromatic heterocycles. The first-order valence-electron chi connectivity index (χ1n) is 8.67. The van der Waals surface area contributed by atoms with E-state index in [1.54, 1.807) is 24.3 Å². The standard InChI is InChI=1S/C20H23N3O3/c1-13-3-10-18(11-14(13)2)26-12-19(24)21-15-4-6-16(7-5-15)22-20(25)23-17-8-9-17/h3-7,10-11,17H,8-9,12H2,1-2H3,(H,21,24)(H2,22,23,25). The number of anilines is 2. The molecule has 0 radical (unpaired) electrons. The van der Waals surface area contributed by atoms with Crippen molar-refractivity contribution in [1.29, 1.82) is 0 Å². The van der Waals surface area contributed by atoms with Crippen LogP contribution in [0.1, 0.15) is 24.0 Å². The third-order valence-electron chi connectivity index (χ3n) is 4.19. The topological polar surface area (TPSA) is 79.5 Å². The second-order valence-electron chi connectivity index (χ2n) is 6.53. The molecule has 2 aromatic rings. The van der Waals surface area contributed by atoms with Gasteiger partial charge >= 0.3 is 6.03 Å². The minimum Gasteiger partial charge on any atom is -0.484 e. The number of aryl methyl sites for hydroxylation is 2. The zero-order valence-electron chi connectivity index (χ0n) is 15.0. The molecule has 6 heteroatoms. The van der Waals surface area contributed by atoms with Gasteiger partial charge in [-0.05, 0) is 74.2 Å². The Kier molecular flexibility index (Phi) is 5.41. The number of benzene rings is 2. The minimum atomic E-state index is -0.240. The predicted molar refractivity (Wildman–Crippen MR) is 102 cm³/mol. The van der Waals surface area contributed by atoms with Gasteiger partial charge in [-0.25, -0.2) is 4.79 Å². The lowest BCUT2D eigenvalue weighted by atomic mass is 10.1. The Morgan fingerprint density at radius 2 is 1.62 bits per heavy atom. The van der Waals surface area contributed by atoms with E-state index < -0.39 is 0 Å². The molecule has 2 aromatic carbocycles. The molecular weight excluding hydrogens is 330 g/mol. The highest BCUT2D eigenvalue weighted by Gasteiger charge is 2.23. The van der Waals surface area contributed by atoms with E-state index in [0.29, 0.717) is 23.2 Å². The van der Waals surface area contributed by atoms with Crippen molar-refractivity contribution in [2.24, 2.45) is 0 Å². The van der Waals surface area contributed by atoms with Crippen molar-refractivity contribution in [3.8, 4) is 5.75 Å². The maximum absolute atomic E-state index is 12.0. The number of carbonyl (C=O) groups is 2. The van der Waals surface area contributed by atoms with Crippen LogP contribution in [0.5, 0.6) is 5.75 Å². The van der Waals surface area contributed by atoms with Crippen LogP contribution in [0.3, 0.4) is 0 Å². The number of hydrogen-bond acceptors (Lipinski definition) is 3. The molecule has 0 saturated heterocycles. The van der Waals surface area contributed by atoms with E-state index in [0.717, 1.165) is 18.4 Å². The van der Waals surface area contributed by atoms with Gasteiger partial charge in [-0.15, -0.1) is 0 Å². The van der Waals surface area contributed by atoms with Gasteiger partial charge in [0.25, 0.3) is 5.91 Å². The van der Waals surface area contributed by atoms with E-state index in [4.69, 9.17) is 4.74 Å². The molecule has 0 unspecified atom stereocenters. The van der Waals surface area contributed by atoms with E-state index in [1.807, 2.05) is 32.0 Å². The Labute approximate surface area is 152 Å². The number of ether oxygens (including phenoxy) is 1. The van der Waals surface area contributed by atoms with Crippen molar-refractivity contribution < 1.29 is 14.3 Å². The molecule has 1 aliphatic carbocycles. The van der Waals surface area contributed by atoms with Gasteiger partial charge in [-0.3, -0.25) is 4.79 Å². The zero-order valence-corrected chi connectivity index (χ0v) is 15.0. The Bertz CT molecular complexity index is 798. The van der Waals surface area contributed by atoms with Crippen LogP contribution in [0.4, 0.5) is 16.2 Å². The number of rotatable bonds is 6.